The lowest BCUT2D eigenvalue weighted by molar-refractivity contribution is -0.136. The van der Waals surface area contributed by atoms with Crippen molar-refractivity contribution in [2.75, 3.05) is 44.7 Å². The molecule has 0 saturated carbocycles. The van der Waals surface area contributed by atoms with E-state index in [0.717, 1.165) is 38.2 Å². The number of carbonyl (C=O) groups excluding carboxylic acids is 2. The SMILES string of the molecule is CCc1ccc([C@@H]2NC(=O)NC(CN3CCN(c4cccc(C)c4)CC3)=C2C(=O)OC)cc1. The van der Waals surface area contributed by atoms with Gasteiger partial charge in [-0.1, -0.05) is 43.3 Å². The molecule has 0 aromatic heterocycles. The second kappa shape index (κ2) is 10.1. The minimum Gasteiger partial charge on any atom is -0.466 e. The quantitative estimate of drug-likeness (QED) is 0.664. The number of hydrogen-bond donors (Lipinski definition) is 2. The molecule has 2 aromatic carbocycles. The monoisotopic (exact) mass is 448 g/mol. The lowest BCUT2D eigenvalue weighted by Crippen LogP contribution is -2.51. The lowest BCUT2D eigenvalue weighted by Gasteiger charge is -2.38. The van der Waals surface area contributed by atoms with Crippen LogP contribution in [0, 0.1) is 6.92 Å². The molecule has 1 saturated heterocycles. The highest BCUT2D eigenvalue weighted by molar-refractivity contribution is 5.95. The van der Waals surface area contributed by atoms with E-state index in [1.807, 2.05) is 24.3 Å². The Morgan fingerprint density at radius 1 is 1.09 bits per heavy atom. The van der Waals surface area contributed by atoms with Crippen LogP contribution in [0.3, 0.4) is 0 Å². The van der Waals surface area contributed by atoms with E-state index in [-0.39, 0.29) is 6.03 Å². The Balaban J connectivity index is 1.54. The Bertz CT molecular complexity index is 1040. The third kappa shape index (κ3) is 5.20. The summed E-state index contributed by atoms with van der Waals surface area (Å²) in [5, 5.41) is 5.78. The average Bonchev–Trinajstić information content (AvgIpc) is 2.84. The average molecular weight is 449 g/mol. The van der Waals surface area contributed by atoms with Crippen molar-refractivity contribution < 1.29 is 14.3 Å². The van der Waals surface area contributed by atoms with Crippen LogP contribution in [0.5, 0.6) is 0 Å². The van der Waals surface area contributed by atoms with Crippen LogP contribution in [0.1, 0.15) is 29.7 Å². The molecule has 2 aromatic rings. The van der Waals surface area contributed by atoms with Crippen LogP contribution in [0.15, 0.2) is 59.8 Å². The highest BCUT2D eigenvalue weighted by atomic mass is 16.5. The number of amides is 2. The molecule has 2 amide bonds. The van der Waals surface area contributed by atoms with E-state index in [1.165, 1.54) is 23.9 Å². The molecule has 2 aliphatic heterocycles. The molecule has 2 N–H and O–H groups in total. The van der Waals surface area contributed by atoms with Crippen molar-refractivity contribution in [3.05, 3.63) is 76.5 Å². The highest BCUT2D eigenvalue weighted by Gasteiger charge is 2.34. The molecule has 174 valence electrons. The summed E-state index contributed by atoms with van der Waals surface area (Å²) in [4.78, 5) is 30.0. The smallest absolute Gasteiger partial charge is 0.338 e. The molecule has 1 fully saturated rings. The number of esters is 1. The summed E-state index contributed by atoms with van der Waals surface area (Å²) in [6.07, 6.45) is 0.929. The maximum atomic E-state index is 12.8. The van der Waals surface area contributed by atoms with Crippen molar-refractivity contribution in [3.8, 4) is 0 Å². The number of methoxy groups -OCH3 is 1. The Labute approximate surface area is 195 Å². The number of nitrogens with zero attached hydrogens (tertiary/aromatic N) is 2. The van der Waals surface area contributed by atoms with Gasteiger partial charge in [-0.3, -0.25) is 4.90 Å². The zero-order valence-corrected chi connectivity index (χ0v) is 19.6. The van der Waals surface area contributed by atoms with Crippen LogP contribution in [0.4, 0.5) is 10.5 Å². The summed E-state index contributed by atoms with van der Waals surface area (Å²) in [5.41, 5.74) is 5.62. The number of piperazine rings is 1. The number of nitrogens with one attached hydrogen (secondary N) is 2. The van der Waals surface area contributed by atoms with Crippen molar-refractivity contribution in [3.63, 3.8) is 0 Å². The van der Waals surface area contributed by atoms with Gasteiger partial charge < -0.3 is 20.3 Å². The fourth-order valence-corrected chi connectivity index (χ4v) is 4.50. The molecule has 0 radical (unpaired) electrons. The Hall–Kier alpha value is -3.32. The summed E-state index contributed by atoms with van der Waals surface area (Å²) in [6, 6.07) is 15.7. The molecule has 0 unspecified atom stereocenters. The third-order valence-corrected chi connectivity index (χ3v) is 6.40. The predicted octanol–water partition coefficient (Wildman–Crippen LogP) is 3.16. The number of rotatable bonds is 6. The van der Waals surface area contributed by atoms with E-state index in [0.29, 0.717) is 17.8 Å². The van der Waals surface area contributed by atoms with Crippen LogP contribution in [-0.4, -0.2) is 56.7 Å². The van der Waals surface area contributed by atoms with Crippen molar-refractivity contribution in [2.45, 2.75) is 26.3 Å². The highest BCUT2D eigenvalue weighted by Crippen LogP contribution is 2.29. The lowest BCUT2D eigenvalue weighted by atomic mass is 9.94. The van der Waals surface area contributed by atoms with E-state index in [9.17, 15) is 9.59 Å². The van der Waals surface area contributed by atoms with Crippen molar-refractivity contribution in [1.29, 1.82) is 0 Å². The van der Waals surface area contributed by atoms with Crippen molar-refractivity contribution in [1.82, 2.24) is 15.5 Å². The van der Waals surface area contributed by atoms with Gasteiger partial charge in [-0.25, -0.2) is 9.59 Å². The van der Waals surface area contributed by atoms with Crippen molar-refractivity contribution >= 4 is 17.7 Å². The molecule has 2 aliphatic rings. The van der Waals surface area contributed by atoms with Crippen LogP contribution in [-0.2, 0) is 16.0 Å². The molecule has 0 bridgehead atoms. The predicted molar refractivity (Wildman–Crippen MR) is 129 cm³/mol. The van der Waals surface area contributed by atoms with Gasteiger partial charge in [-0.15, -0.1) is 0 Å². The van der Waals surface area contributed by atoms with Gasteiger partial charge in [0.05, 0.1) is 18.7 Å². The first kappa shape index (κ1) is 22.9. The van der Waals surface area contributed by atoms with Crippen LogP contribution < -0.4 is 15.5 Å². The van der Waals surface area contributed by atoms with Gasteiger partial charge in [-0.2, -0.15) is 0 Å². The maximum Gasteiger partial charge on any atom is 0.338 e. The van der Waals surface area contributed by atoms with E-state index < -0.39 is 12.0 Å². The van der Waals surface area contributed by atoms with E-state index in [2.05, 4.69) is 58.5 Å². The minimum atomic E-state index is -0.541. The molecule has 4 rings (SSSR count). The Kier molecular flexibility index (Phi) is 6.99. The third-order valence-electron chi connectivity index (χ3n) is 6.40. The second-order valence-corrected chi connectivity index (χ2v) is 8.61. The largest absolute Gasteiger partial charge is 0.466 e. The molecule has 7 nitrogen and oxygen atoms in total. The van der Waals surface area contributed by atoms with E-state index >= 15 is 0 Å². The molecule has 7 heteroatoms. The summed E-state index contributed by atoms with van der Waals surface area (Å²) in [5.74, 6) is -0.430. The normalized spacial score (nSPS) is 19.2. The first-order valence-corrected chi connectivity index (χ1v) is 11.5. The molecular formula is C26H32N4O3. The van der Waals surface area contributed by atoms with Gasteiger partial charge in [0.1, 0.15) is 0 Å². The van der Waals surface area contributed by atoms with Crippen LogP contribution in [0.25, 0.3) is 0 Å². The van der Waals surface area contributed by atoms with E-state index in [1.54, 1.807) is 0 Å². The molecule has 0 spiro atoms. The first-order chi connectivity index (χ1) is 16.0. The minimum absolute atomic E-state index is 0.305. The van der Waals surface area contributed by atoms with Gasteiger partial charge in [0, 0.05) is 44.1 Å². The number of aryl methyl sites for hydroxylation is 2. The van der Waals surface area contributed by atoms with Gasteiger partial charge in [0.2, 0.25) is 0 Å². The Morgan fingerprint density at radius 3 is 2.45 bits per heavy atom. The zero-order valence-electron chi connectivity index (χ0n) is 19.6. The summed E-state index contributed by atoms with van der Waals surface area (Å²) < 4.78 is 5.11. The molecule has 2 heterocycles. The number of carbonyl (C=O) groups is 2. The summed E-state index contributed by atoms with van der Waals surface area (Å²) >= 11 is 0. The topological polar surface area (TPSA) is 73.9 Å². The molecular weight excluding hydrogens is 416 g/mol. The Morgan fingerprint density at radius 2 is 1.82 bits per heavy atom. The number of anilines is 1. The summed E-state index contributed by atoms with van der Waals surface area (Å²) in [6.45, 7) is 8.14. The zero-order chi connectivity index (χ0) is 23.4. The molecule has 1 atom stereocenters. The first-order valence-electron chi connectivity index (χ1n) is 11.5. The number of urea groups is 1. The van der Waals surface area contributed by atoms with Crippen LogP contribution >= 0.6 is 0 Å². The number of ether oxygens (including phenoxy) is 1. The second-order valence-electron chi connectivity index (χ2n) is 8.61. The standard InChI is InChI=1S/C26H32N4O3/c1-4-19-8-10-20(11-9-19)24-23(25(31)33-3)22(27-26(32)28-24)17-29-12-14-30(15-13-29)21-7-5-6-18(2)16-21/h5-11,16,24H,4,12-15,17H2,1-3H3,(H2,27,28,32)/t24-/m0/s1. The van der Waals surface area contributed by atoms with Crippen LogP contribution in [0.2, 0.25) is 0 Å². The van der Waals surface area contributed by atoms with E-state index in [4.69, 9.17) is 4.74 Å². The molecule has 0 aliphatic carbocycles. The summed E-state index contributed by atoms with van der Waals surface area (Å²) in [7, 11) is 1.38. The maximum absolute atomic E-state index is 12.8. The van der Waals surface area contributed by atoms with Crippen molar-refractivity contribution in [2.24, 2.45) is 0 Å². The van der Waals surface area contributed by atoms with Gasteiger partial charge in [-0.05, 0) is 42.2 Å². The molecule has 33 heavy (non-hydrogen) atoms. The number of benzene rings is 2. The van der Waals surface area contributed by atoms with Gasteiger partial charge >= 0.3 is 12.0 Å². The fourth-order valence-electron chi connectivity index (χ4n) is 4.50. The van der Waals surface area contributed by atoms with Gasteiger partial charge in [0.25, 0.3) is 0 Å². The number of hydrogen-bond acceptors (Lipinski definition) is 5. The van der Waals surface area contributed by atoms with Gasteiger partial charge in [0.15, 0.2) is 0 Å². The fraction of sp³-hybridized carbons (Fsp3) is 0.385.